The van der Waals surface area contributed by atoms with Crippen LogP contribution in [0.2, 0.25) is 0 Å². The molecule has 0 aliphatic heterocycles. The van der Waals surface area contributed by atoms with Crippen LogP contribution in [0.1, 0.15) is 0 Å². The van der Waals surface area contributed by atoms with Crippen LogP contribution >= 0.6 is 15.9 Å². The van der Waals surface area contributed by atoms with E-state index < -0.39 is 0 Å². The van der Waals surface area contributed by atoms with Crippen molar-refractivity contribution < 1.29 is 0 Å². The predicted molar refractivity (Wildman–Crippen MR) is 98.1 cm³/mol. The number of fused-ring (bicyclic) bond motifs is 1. The Labute approximate surface area is 142 Å². The number of rotatable bonds is 3. The smallest absolute Gasteiger partial charge is 0.143 e. The fourth-order valence-electron chi connectivity index (χ4n) is 2.61. The van der Waals surface area contributed by atoms with Gasteiger partial charge in [-0.3, -0.25) is 4.40 Å². The van der Waals surface area contributed by atoms with Gasteiger partial charge in [0, 0.05) is 21.9 Å². The largest absolute Gasteiger partial charge is 0.339 e. The van der Waals surface area contributed by atoms with Crippen molar-refractivity contribution in [2.75, 3.05) is 5.32 Å². The molecule has 4 aromatic rings. The van der Waals surface area contributed by atoms with Crippen molar-refractivity contribution in [3.05, 3.63) is 83.5 Å². The lowest BCUT2D eigenvalue weighted by Gasteiger charge is -2.09. The van der Waals surface area contributed by atoms with Gasteiger partial charge in [-0.2, -0.15) is 0 Å². The second kappa shape index (κ2) is 5.89. The van der Waals surface area contributed by atoms with Gasteiger partial charge in [-0.1, -0.05) is 52.3 Å². The van der Waals surface area contributed by atoms with Crippen molar-refractivity contribution in [1.29, 1.82) is 0 Å². The molecule has 0 atom stereocenters. The van der Waals surface area contributed by atoms with Gasteiger partial charge in [0.25, 0.3) is 0 Å². The Morgan fingerprint density at radius 2 is 1.70 bits per heavy atom. The fourth-order valence-corrected chi connectivity index (χ4v) is 3.01. The Balaban J connectivity index is 1.91. The van der Waals surface area contributed by atoms with Crippen LogP contribution in [0.25, 0.3) is 16.9 Å². The van der Waals surface area contributed by atoms with Gasteiger partial charge >= 0.3 is 0 Å². The first-order valence-corrected chi connectivity index (χ1v) is 8.16. The summed E-state index contributed by atoms with van der Waals surface area (Å²) in [5.41, 5.74) is 3.96. The molecule has 2 aromatic carbocycles. The molecule has 23 heavy (non-hydrogen) atoms. The first-order chi connectivity index (χ1) is 11.3. The summed E-state index contributed by atoms with van der Waals surface area (Å²) in [5, 5.41) is 3.50. The number of benzene rings is 2. The van der Waals surface area contributed by atoms with Crippen molar-refractivity contribution in [3.8, 4) is 11.3 Å². The highest BCUT2D eigenvalue weighted by molar-refractivity contribution is 9.10. The van der Waals surface area contributed by atoms with Gasteiger partial charge in [-0.25, -0.2) is 4.98 Å². The maximum atomic E-state index is 4.80. The first kappa shape index (κ1) is 14.0. The predicted octanol–water partition coefficient (Wildman–Crippen LogP) is 5.51. The topological polar surface area (TPSA) is 29.3 Å². The number of halogens is 1. The normalized spacial score (nSPS) is 10.8. The maximum Gasteiger partial charge on any atom is 0.143 e. The molecular weight excluding hydrogens is 350 g/mol. The van der Waals surface area contributed by atoms with Crippen LogP contribution in [0, 0.1) is 0 Å². The maximum absolute atomic E-state index is 4.80. The molecule has 112 valence electrons. The molecule has 0 aliphatic rings. The molecule has 0 saturated heterocycles. The van der Waals surface area contributed by atoms with Gasteiger partial charge in [0.05, 0.1) is 0 Å². The summed E-state index contributed by atoms with van der Waals surface area (Å²) in [4.78, 5) is 4.80. The molecule has 3 nitrogen and oxygen atoms in total. The number of pyridine rings is 1. The minimum absolute atomic E-state index is 0.918. The third-order valence-corrected chi connectivity index (χ3v) is 4.16. The van der Waals surface area contributed by atoms with Crippen LogP contribution in [-0.4, -0.2) is 9.38 Å². The van der Waals surface area contributed by atoms with E-state index >= 15 is 0 Å². The Kier molecular flexibility index (Phi) is 3.60. The van der Waals surface area contributed by atoms with Crippen LogP contribution in [0.3, 0.4) is 0 Å². The average molecular weight is 364 g/mol. The number of aromatic nitrogens is 2. The van der Waals surface area contributed by atoms with Crippen molar-refractivity contribution in [3.63, 3.8) is 0 Å². The molecule has 1 N–H and O–H groups in total. The second-order valence-corrected chi connectivity index (χ2v) is 6.15. The highest BCUT2D eigenvalue weighted by Crippen LogP contribution is 2.32. The van der Waals surface area contributed by atoms with E-state index in [0.29, 0.717) is 0 Å². The molecule has 0 aliphatic carbocycles. The first-order valence-electron chi connectivity index (χ1n) is 7.36. The SMILES string of the molecule is Brc1cccc(-c2nc3ccccn3c2Nc2ccccc2)c1. The average Bonchev–Trinajstić information content (AvgIpc) is 2.95. The molecule has 0 saturated carbocycles. The van der Waals surface area contributed by atoms with Crippen LogP contribution < -0.4 is 5.32 Å². The lowest BCUT2D eigenvalue weighted by Crippen LogP contribution is -1.96. The molecule has 0 fully saturated rings. The molecule has 0 amide bonds. The molecule has 4 rings (SSSR count). The van der Waals surface area contributed by atoms with Crippen LogP contribution in [0.5, 0.6) is 0 Å². The molecule has 0 unspecified atom stereocenters. The van der Waals surface area contributed by atoms with E-state index in [-0.39, 0.29) is 0 Å². The third kappa shape index (κ3) is 2.73. The van der Waals surface area contributed by atoms with Crippen molar-refractivity contribution >= 4 is 33.1 Å². The van der Waals surface area contributed by atoms with Crippen molar-refractivity contribution in [2.24, 2.45) is 0 Å². The summed E-state index contributed by atoms with van der Waals surface area (Å²) >= 11 is 3.54. The van der Waals surface area contributed by atoms with Gasteiger partial charge < -0.3 is 5.32 Å². The zero-order valence-corrected chi connectivity index (χ0v) is 13.9. The summed E-state index contributed by atoms with van der Waals surface area (Å²) in [7, 11) is 0. The third-order valence-electron chi connectivity index (χ3n) is 3.66. The van der Waals surface area contributed by atoms with E-state index in [1.54, 1.807) is 0 Å². The van der Waals surface area contributed by atoms with Crippen LogP contribution in [0.4, 0.5) is 11.5 Å². The molecule has 2 heterocycles. The van der Waals surface area contributed by atoms with Gasteiger partial charge in [0.1, 0.15) is 17.2 Å². The van der Waals surface area contributed by atoms with Gasteiger partial charge in [0.15, 0.2) is 0 Å². The Bertz CT molecular complexity index is 961. The minimum Gasteiger partial charge on any atom is -0.339 e. The molecule has 0 radical (unpaired) electrons. The molecule has 0 bridgehead atoms. The van der Waals surface area contributed by atoms with Crippen molar-refractivity contribution in [1.82, 2.24) is 9.38 Å². The van der Waals surface area contributed by atoms with Crippen LogP contribution in [-0.2, 0) is 0 Å². The highest BCUT2D eigenvalue weighted by atomic mass is 79.9. The van der Waals surface area contributed by atoms with E-state index in [9.17, 15) is 0 Å². The number of nitrogens with zero attached hydrogens (tertiary/aromatic N) is 2. The fraction of sp³-hybridized carbons (Fsp3) is 0. The number of anilines is 2. The molecule has 4 heteroatoms. The summed E-state index contributed by atoms with van der Waals surface area (Å²) < 4.78 is 3.11. The van der Waals surface area contributed by atoms with Gasteiger partial charge in [-0.15, -0.1) is 0 Å². The van der Waals surface area contributed by atoms with Gasteiger partial charge in [0.2, 0.25) is 0 Å². The summed E-state index contributed by atoms with van der Waals surface area (Å²) in [6, 6.07) is 24.4. The lowest BCUT2D eigenvalue weighted by atomic mass is 10.1. The summed E-state index contributed by atoms with van der Waals surface area (Å²) in [6.45, 7) is 0. The van der Waals surface area contributed by atoms with E-state index in [1.807, 2.05) is 66.9 Å². The second-order valence-electron chi connectivity index (χ2n) is 5.24. The summed E-state index contributed by atoms with van der Waals surface area (Å²) in [5.74, 6) is 0.963. The van der Waals surface area contributed by atoms with E-state index in [2.05, 4.69) is 37.8 Å². The molecular formula is C19H14BrN3. The number of nitrogens with one attached hydrogen (secondary N) is 1. The standard InChI is InChI=1S/C19H14BrN3/c20-15-8-6-7-14(13-15)18-19(21-16-9-2-1-3-10-16)23-12-5-4-11-17(23)22-18/h1-13,21H. The Morgan fingerprint density at radius 3 is 2.52 bits per heavy atom. The minimum atomic E-state index is 0.918. The van der Waals surface area contributed by atoms with E-state index in [4.69, 9.17) is 4.98 Å². The Morgan fingerprint density at radius 1 is 0.870 bits per heavy atom. The number of hydrogen-bond donors (Lipinski definition) is 1. The molecule has 2 aromatic heterocycles. The summed E-state index contributed by atoms with van der Waals surface area (Å²) in [6.07, 6.45) is 2.02. The van der Waals surface area contributed by atoms with Gasteiger partial charge in [-0.05, 0) is 36.4 Å². The monoisotopic (exact) mass is 363 g/mol. The lowest BCUT2D eigenvalue weighted by molar-refractivity contribution is 1.18. The van der Waals surface area contributed by atoms with E-state index in [1.165, 1.54) is 0 Å². The quantitative estimate of drug-likeness (QED) is 0.520. The Hall–Kier alpha value is -2.59. The highest BCUT2D eigenvalue weighted by Gasteiger charge is 2.14. The zero-order chi connectivity index (χ0) is 15.6. The van der Waals surface area contributed by atoms with Crippen LogP contribution in [0.15, 0.2) is 83.5 Å². The number of hydrogen-bond acceptors (Lipinski definition) is 2. The number of imidazole rings is 1. The van der Waals surface area contributed by atoms with Crippen molar-refractivity contribution in [2.45, 2.75) is 0 Å². The molecule has 0 spiro atoms. The zero-order valence-electron chi connectivity index (χ0n) is 12.3. The number of para-hydroxylation sites is 1. The van der Waals surface area contributed by atoms with E-state index in [0.717, 1.165) is 32.9 Å².